The highest BCUT2D eigenvalue weighted by Gasteiger charge is 2.23. The summed E-state index contributed by atoms with van der Waals surface area (Å²) in [5.41, 5.74) is 5.35. The Balaban J connectivity index is 1.43. The topological polar surface area (TPSA) is 116 Å². The van der Waals surface area contributed by atoms with Crippen molar-refractivity contribution in [2.75, 3.05) is 0 Å². The van der Waals surface area contributed by atoms with E-state index >= 15 is 0 Å². The van der Waals surface area contributed by atoms with Crippen molar-refractivity contribution in [3.05, 3.63) is 117 Å². The van der Waals surface area contributed by atoms with Gasteiger partial charge < -0.3 is 4.57 Å². The normalized spacial score (nSPS) is 11.7. The van der Waals surface area contributed by atoms with Crippen LogP contribution in [-0.4, -0.2) is 39.3 Å². The minimum atomic E-state index is -0.309. The molecule has 224 valence electrons. The van der Waals surface area contributed by atoms with Crippen LogP contribution in [-0.2, 0) is 26.1 Å². The van der Waals surface area contributed by atoms with Crippen molar-refractivity contribution in [3.63, 3.8) is 0 Å². The van der Waals surface area contributed by atoms with Gasteiger partial charge in [0.25, 0.3) is 5.56 Å². The SMILES string of the molecule is CC(C)Cn1c(=O)c2c(nc(C(C)C)n2Cc2ccc(-c3ccccc3-c3nn[nH]n3)cc2)n(CCc2ccccc2)c1=O. The number of benzene rings is 3. The molecule has 0 saturated heterocycles. The molecule has 3 aromatic carbocycles. The van der Waals surface area contributed by atoms with Crippen LogP contribution in [0.25, 0.3) is 33.7 Å². The summed E-state index contributed by atoms with van der Waals surface area (Å²) in [4.78, 5) is 32.7. The van der Waals surface area contributed by atoms with Crippen molar-refractivity contribution in [1.82, 2.24) is 39.3 Å². The summed E-state index contributed by atoms with van der Waals surface area (Å²) in [7, 11) is 0. The van der Waals surface area contributed by atoms with E-state index in [0.717, 1.165) is 33.6 Å². The van der Waals surface area contributed by atoms with Gasteiger partial charge in [-0.3, -0.25) is 13.9 Å². The van der Waals surface area contributed by atoms with Crippen LogP contribution >= 0.6 is 0 Å². The van der Waals surface area contributed by atoms with Gasteiger partial charge in [0.15, 0.2) is 11.2 Å². The molecule has 0 bridgehead atoms. The summed E-state index contributed by atoms with van der Waals surface area (Å²) in [6.07, 6.45) is 0.659. The van der Waals surface area contributed by atoms with E-state index < -0.39 is 0 Å². The highest BCUT2D eigenvalue weighted by molar-refractivity contribution is 5.80. The molecule has 0 aliphatic carbocycles. The molecule has 0 amide bonds. The average Bonchev–Trinajstić information content (AvgIpc) is 3.69. The van der Waals surface area contributed by atoms with Gasteiger partial charge in [-0.25, -0.2) is 9.78 Å². The van der Waals surface area contributed by atoms with Gasteiger partial charge in [0.2, 0.25) is 5.82 Å². The van der Waals surface area contributed by atoms with E-state index in [1.54, 1.807) is 4.57 Å². The van der Waals surface area contributed by atoms with Crippen molar-refractivity contribution in [1.29, 1.82) is 0 Å². The minimum Gasteiger partial charge on any atom is -0.317 e. The molecule has 1 N–H and O–H groups in total. The Hall–Kier alpha value is -5.12. The number of aryl methyl sites for hydroxylation is 2. The van der Waals surface area contributed by atoms with Crippen molar-refractivity contribution in [2.45, 2.75) is 59.7 Å². The number of rotatable bonds is 10. The summed E-state index contributed by atoms with van der Waals surface area (Å²) in [5.74, 6) is 1.48. The fraction of sp³-hybridized carbons (Fsp3) is 0.294. The van der Waals surface area contributed by atoms with Gasteiger partial charge in [0.05, 0.1) is 0 Å². The monoisotopic (exact) mass is 588 g/mol. The fourth-order valence-electron chi connectivity index (χ4n) is 5.70. The third-order valence-corrected chi connectivity index (χ3v) is 7.79. The van der Waals surface area contributed by atoms with Gasteiger partial charge in [0, 0.05) is 31.1 Å². The number of H-pyrrole nitrogens is 1. The molecule has 0 aliphatic heterocycles. The van der Waals surface area contributed by atoms with Crippen molar-refractivity contribution < 1.29 is 0 Å². The van der Waals surface area contributed by atoms with E-state index in [0.29, 0.717) is 43.0 Å². The van der Waals surface area contributed by atoms with Gasteiger partial charge in [-0.15, -0.1) is 10.2 Å². The smallest absolute Gasteiger partial charge is 0.317 e. The Kier molecular flexibility index (Phi) is 8.06. The second-order valence-electron chi connectivity index (χ2n) is 11.8. The highest BCUT2D eigenvalue weighted by Crippen LogP contribution is 2.30. The first-order valence-corrected chi connectivity index (χ1v) is 15.0. The maximum Gasteiger partial charge on any atom is 0.332 e. The van der Waals surface area contributed by atoms with E-state index in [1.807, 2.05) is 60.9 Å². The first kappa shape index (κ1) is 29.0. The Morgan fingerprint density at radius 3 is 2.14 bits per heavy atom. The molecule has 0 aliphatic rings. The van der Waals surface area contributed by atoms with Gasteiger partial charge in [-0.1, -0.05) is 107 Å². The summed E-state index contributed by atoms with van der Waals surface area (Å²) in [6.45, 7) is 9.38. The minimum absolute atomic E-state index is 0.0409. The Morgan fingerprint density at radius 1 is 0.773 bits per heavy atom. The van der Waals surface area contributed by atoms with Gasteiger partial charge in [-0.2, -0.15) is 5.21 Å². The number of nitrogens with zero attached hydrogens (tertiary/aromatic N) is 7. The standard InChI is InChI=1S/C34H36N8O2/c1-22(2)20-42-33(43)29-32(40(34(42)44)19-18-24-10-6-5-7-11-24)35-31(23(3)4)41(29)21-25-14-16-26(17-15-25)27-12-8-9-13-28(27)30-36-38-39-37-30/h5-17,22-23H,18-21H2,1-4H3,(H,36,37,38,39). The molecule has 10 nitrogen and oxygen atoms in total. The predicted octanol–water partition coefficient (Wildman–Crippen LogP) is 5.28. The van der Waals surface area contributed by atoms with Crippen LogP contribution in [0.2, 0.25) is 0 Å². The predicted molar refractivity (Wildman–Crippen MR) is 171 cm³/mol. The van der Waals surface area contributed by atoms with Crippen molar-refractivity contribution in [2.24, 2.45) is 5.92 Å². The highest BCUT2D eigenvalue weighted by atomic mass is 16.2. The zero-order valence-corrected chi connectivity index (χ0v) is 25.4. The molecule has 0 saturated carbocycles. The summed E-state index contributed by atoms with van der Waals surface area (Å²) < 4.78 is 5.07. The maximum atomic E-state index is 14.0. The molecule has 44 heavy (non-hydrogen) atoms. The number of nitrogens with one attached hydrogen (secondary N) is 1. The lowest BCUT2D eigenvalue weighted by molar-refractivity contribution is 0.474. The lowest BCUT2D eigenvalue weighted by Gasteiger charge is -2.15. The second-order valence-corrected chi connectivity index (χ2v) is 11.8. The lowest BCUT2D eigenvalue weighted by Crippen LogP contribution is -2.42. The van der Waals surface area contributed by atoms with Crippen molar-refractivity contribution in [3.8, 4) is 22.5 Å². The molecule has 6 aromatic rings. The summed E-state index contributed by atoms with van der Waals surface area (Å²) >= 11 is 0. The molecule has 0 fully saturated rings. The summed E-state index contributed by atoms with van der Waals surface area (Å²) in [6, 6.07) is 26.3. The third kappa shape index (κ3) is 5.62. The first-order valence-electron chi connectivity index (χ1n) is 15.0. The molecule has 0 atom stereocenters. The van der Waals surface area contributed by atoms with Crippen LogP contribution in [0.15, 0.2) is 88.5 Å². The van der Waals surface area contributed by atoms with Crippen LogP contribution in [0.1, 0.15) is 50.6 Å². The molecule has 6 rings (SSSR count). The number of hydrogen-bond acceptors (Lipinski definition) is 6. The zero-order chi connectivity index (χ0) is 30.8. The molecule has 10 heteroatoms. The molecule has 0 spiro atoms. The average molecular weight is 589 g/mol. The molecule has 3 heterocycles. The van der Waals surface area contributed by atoms with E-state index in [4.69, 9.17) is 4.98 Å². The number of aromatic amines is 1. The number of hydrogen-bond donors (Lipinski definition) is 1. The maximum absolute atomic E-state index is 14.0. The largest absolute Gasteiger partial charge is 0.332 e. The van der Waals surface area contributed by atoms with Crippen LogP contribution in [0.3, 0.4) is 0 Å². The van der Waals surface area contributed by atoms with E-state index in [9.17, 15) is 9.59 Å². The number of fused-ring (bicyclic) bond motifs is 1. The van der Waals surface area contributed by atoms with Crippen LogP contribution in [0.5, 0.6) is 0 Å². The molecule has 3 aromatic heterocycles. The van der Waals surface area contributed by atoms with Gasteiger partial charge in [-0.05, 0) is 39.8 Å². The Bertz CT molecular complexity index is 2000. The van der Waals surface area contributed by atoms with E-state index in [1.165, 1.54) is 4.57 Å². The van der Waals surface area contributed by atoms with Crippen molar-refractivity contribution >= 4 is 11.2 Å². The van der Waals surface area contributed by atoms with E-state index in [-0.39, 0.29) is 23.1 Å². The Morgan fingerprint density at radius 2 is 1.48 bits per heavy atom. The molecular formula is C34H36N8O2. The fourth-order valence-corrected chi connectivity index (χ4v) is 5.70. The number of imidazole rings is 1. The second kappa shape index (κ2) is 12.2. The number of aromatic nitrogens is 8. The summed E-state index contributed by atoms with van der Waals surface area (Å²) in [5, 5.41) is 14.6. The lowest BCUT2D eigenvalue weighted by atomic mass is 9.98. The van der Waals surface area contributed by atoms with Crippen LogP contribution in [0.4, 0.5) is 0 Å². The molecule has 0 radical (unpaired) electrons. The van der Waals surface area contributed by atoms with Gasteiger partial charge >= 0.3 is 5.69 Å². The van der Waals surface area contributed by atoms with Crippen LogP contribution in [0, 0.1) is 5.92 Å². The number of tetrazole rings is 1. The van der Waals surface area contributed by atoms with Crippen LogP contribution < -0.4 is 11.2 Å². The molecular weight excluding hydrogens is 552 g/mol. The molecule has 0 unspecified atom stereocenters. The third-order valence-electron chi connectivity index (χ3n) is 7.79. The quantitative estimate of drug-likeness (QED) is 0.233. The zero-order valence-electron chi connectivity index (χ0n) is 25.4. The Labute approximate surface area is 255 Å². The first-order chi connectivity index (χ1) is 21.3. The van der Waals surface area contributed by atoms with Gasteiger partial charge in [0.1, 0.15) is 5.82 Å². The van der Waals surface area contributed by atoms with E-state index in [2.05, 4.69) is 70.9 Å².